The molecule has 126 valence electrons. The lowest BCUT2D eigenvalue weighted by atomic mass is 9.56. The summed E-state index contributed by atoms with van der Waals surface area (Å²) in [6, 6.07) is 1.43. The molecule has 4 fully saturated rings. The summed E-state index contributed by atoms with van der Waals surface area (Å²) in [6.45, 7) is 14.7. The van der Waals surface area contributed by atoms with Gasteiger partial charge in [-0.3, -0.25) is 4.90 Å². The van der Waals surface area contributed by atoms with E-state index in [9.17, 15) is 0 Å². The second-order valence-corrected chi connectivity index (χ2v) is 10.5. The Morgan fingerprint density at radius 2 is 1.68 bits per heavy atom. The van der Waals surface area contributed by atoms with E-state index in [0.717, 1.165) is 12.0 Å². The highest BCUT2D eigenvalue weighted by molar-refractivity contribution is 5.23. The van der Waals surface area contributed by atoms with Crippen LogP contribution in [0, 0.1) is 16.7 Å². The lowest BCUT2D eigenvalue weighted by Gasteiger charge is -2.49. The monoisotopic (exact) mass is 305 g/mol. The van der Waals surface area contributed by atoms with E-state index in [1.54, 1.807) is 0 Å². The zero-order valence-corrected chi connectivity index (χ0v) is 15.5. The molecule has 6 unspecified atom stereocenters. The Morgan fingerprint density at radius 1 is 0.955 bits per heavy atom. The molecule has 0 aromatic heterocycles. The summed E-state index contributed by atoms with van der Waals surface area (Å²) in [7, 11) is 0. The van der Waals surface area contributed by atoms with E-state index >= 15 is 0 Å². The van der Waals surface area contributed by atoms with Crippen LogP contribution < -0.4 is 0 Å². The van der Waals surface area contributed by atoms with Crippen molar-refractivity contribution >= 4 is 0 Å². The van der Waals surface area contributed by atoms with Crippen molar-refractivity contribution in [2.24, 2.45) is 16.7 Å². The van der Waals surface area contributed by atoms with E-state index < -0.39 is 0 Å². The standard InChI is InChI=1S/C20H35NO/c1-18(2,3)17-16-13-10-11-15(22-13)20(16)12-8-7-9-14(20)21(17)19(4,5)6/h13-17H,7-12H2,1-6H3. The number of hydrogen-bond donors (Lipinski definition) is 0. The second-order valence-electron chi connectivity index (χ2n) is 10.5. The van der Waals surface area contributed by atoms with Gasteiger partial charge in [-0.25, -0.2) is 0 Å². The van der Waals surface area contributed by atoms with E-state index in [4.69, 9.17) is 4.74 Å². The van der Waals surface area contributed by atoms with E-state index in [1.165, 1.54) is 38.5 Å². The fourth-order valence-electron chi connectivity index (χ4n) is 6.95. The molecular formula is C20H35NO. The van der Waals surface area contributed by atoms with Gasteiger partial charge >= 0.3 is 0 Å². The maximum atomic E-state index is 6.56. The molecule has 2 heteroatoms. The van der Waals surface area contributed by atoms with Crippen LogP contribution >= 0.6 is 0 Å². The van der Waals surface area contributed by atoms with Crippen LogP contribution in [0.3, 0.4) is 0 Å². The number of rotatable bonds is 0. The Hall–Kier alpha value is -0.0800. The van der Waals surface area contributed by atoms with Crippen LogP contribution in [0.15, 0.2) is 0 Å². The molecule has 1 spiro atoms. The second kappa shape index (κ2) is 4.51. The lowest BCUT2D eigenvalue weighted by Crippen LogP contribution is -2.56. The fourth-order valence-corrected chi connectivity index (χ4v) is 6.95. The van der Waals surface area contributed by atoms with E-state index in [0.29, 0.717) is 29.1 Å². The first-order chi connectivity index (χ1) is 10.2. The molecule has 3 saturated heterocycles. The van der Waals surface area contributed by atoms with Crippen molar-refractivity contribution in [2.75, 3.05) is 0 Å². The number of nitrogens with zero attached hydrogens (tertiary/aromatic N) is 1. The third-order valence-electron chi connectivity index (χ3n) is 7.27. The average Bonchev–Trinajstić information content (AvgIpc) is 3.03. The third-order valence-corrected chi connectivity index (χ3v) is 7.27. The van der Waals surface area contributed by atoms with Gasteiger partial charge in [0.25, 0.3) is 0 Å². The van der Waals surface area contributed by atoms with Gasteiger partial charge in [0.05, 0.1) is 12.2 Å². The molecule has 0 N–H and O–H groups in total. The highest BCUT2D eigenvalue weighted by atomic mass is 16.5. The van der Waals surface area contributed by atoms with Crippen molar-refractivity contribution in [1.29, 1.82) is 0 Å². The Morgan fingerprint density at radius 3 is 2.32 bits per heavy atom. The number of fused-ring (bicyclic) bond motifs is 3. The van der Waals surface area contributed by atoms with Crippen LogP contribution in [0.4, 0.5) is 0 Å². The van der Waals surface area contributed by atoms with Crippen molar-refractivity contribution in [3.05, 3.63) is 0 Å². The highest BCUT2D eigenvalue weighted by Gasteiger charge is 2.73. The largest absolute Gasteiger partial charge is 0.374 e. The first kappa shape index (κ1) is 15.4. The first-order valence-electron chi connectivity index (χ1n) is 9.61. The van der Waals surface area contributed by atoms with Gasteiger partial charge in [0.15, 0.2) is 0 Å². The summed E-state index contributed by atoms with van der Waals surface area (Å²) in [6.07, 6.45) is 9.40. The summed E-state index contributed by atoms with van der Waals surface area (Å²) in [4.78, 5) is 2.96. The van der Waals surface area contributed by atoms with Crippen molar-refractivity contribution in [2.45, 2.75) is 110 Å². The lowest BCUT2D eigenvalue weighted by molar-refractivity contribution is -0.0509. The molecule has 0 amide bonds. The fraction of sp³-hybridized carbons (Fsp3) is 1.00. The van der Waals surface area contributed by atoms with Gasteiger partial charge in [-0.05, 0) is 51.9 Å². The van der Waals surface area contributed by atoms with Gasteiger partial charge < -0.3 is 4.74 Å². The molecule has 22 heavy (non-hydrogen) atoms. The Kier molecular flexibility index (Phi) is 3.16. The molecule has 6 atom stereocenters. The summed E-state index contributed by atoms with van der Waals surface area (Å²) in [5, 5.41) is 0. The van der Waals surface area contributed by atoms with Crippen molar-refractivity contribution in [3.63, 3.8) is 0 Å². The van der Waals surface area contributed by atoms with E-state index in [2.05, 4.69) is 46.4 Å². The van der Waals surface area contributed by atoms with Crippen molar-refractivity contribution in [3.8, 4) is 0 Å². The summed E-state index contributed by atoms with van der Waals surface area (Å²) >= 11 is 0. The van der Waals surface area contributed by atoms with Crippen LogP contribution in [0.5, 0.6) is 0 Å². The summed E-state index contributed by atoms with van der Waals surface area (Å²) < 4.78 is 6.56. The molecule has 0 radical (unpaired) electrons. The Bertz CT molecular complexity index is 457. The first-order valence-corrected chi connectivity index (χ1v) is 9.61. The molecule has 3 aliphatic heterocycles. The third kappa shape index (κ3) is 1.80. The minimum atomic E-state index is 0.261. The number of likely N-dealkylation sites (tertiary alicyclic amines) is 1. The van der Waals surface area contributed by atoms with Crippen molar-refractivity contribution in [1.82, 2.24) is 4.90 Å². The normalized spacial score (nSPS) is 48.5. The molecule has 0 aromatic carbocycles. The van der Waals surface area contributed by atoms with Crippen LogP contribution in [-0.4, -0.2) is 34.7 Å². The van der Waals surface area contributed by atoms with Gasteiger partial charge in [0.1, 0.15) is 0 Å². The predicted octanol–water partition coefficient (Wildman–Crippen LogP) is 4.62. The van der Waals surface area contributed by atoms with Gasteiger partial charge in [0, 0.05) is 29.0 Å². The molecule has 4 rings (SSSR count). The van der Waals surface area contributed by atoms with Gasteiger partial charge in [-0.1, -0.05) is 33.6 Å². The maximum absolute atomic E-state index is 6.56. The molecule has 1 aliphatic carbocycles. The number of ether oxygens (including phenoxy) is 1. The van der Waals surface area contributed by atoms with E-state index in [1.807, 2.05) is 0 Å². The summed E-state index contributed by atoms with van der Waals surface area (Å²) in [5.41, 5.74) is 1.07. The molecule has 1 saturated carbocycles. The zero-order chi connectivity index (χ0) is 15.9. The van der Waals surface area contributed by atoms with Crippen LogP contribution in [-0.2, 0) is 4.74 Å². The molecule has 2 bridgehead atoms. The quantitative estimate of drug-likeness (QED) is 0.647. The minimum absolute atomic E-state index is 0.261. The average molecular weight is 306 g/mol. The Balaban J connectivity index is 1.86. The molecule has 4 aliphatic rings. The van der Waals surface area contributed by atoms with Crippen LogP contribution in [0.2, 0.25) is 0 Å². The van der Waals surface area contributed by atoms with Gasteiger partial charge in [0.2, 0.25) is 0 Å². The van der Waals surface area contributed by atoms with Crippen molar-refractivity contribution < 1.29 is 4.74 Å². The van der Waals surface area contributed by atoms with Gasteiger partial charge in [-0.2, -0.15) is 0 Å². The smallest absolute Gasteiger partial charge is 0.0655 e. The molecule has 2 nitrogen and oxygen atoms in total. The molecular weight excluding hydrogens is 270 g/mol. The molecule has 0 aromatic rings. The predicted molar refractivity (Wildman–Crippen MR) is 90.9 cm³/mol. The van der Waals surface area contributed by atoms with Crippen LogP contribution in [0.1, 0.15) is 80.1 Å². The minimum Gasteiger partial charge on any atom is -0.374 e. The SMILES string of the molecule is CC(C)(C)C1C2C3CCC(O3)C23CCCCC3N1C(C)(C)C. The van der Waals surface area contributed by atoms with Gasteiger partial charge in [-0.15, -0.1) is 0 Å². The summed E-state index contributed by atoms with van der Waals surface area (Å²) in [5.74, 6) is 0.774. The van der Waals surface area contributed by atoms with E-state index in [-0.39, 0.29) is 5.54 Å². The number of hydrogen-bond acceptors (Lipinski definition) is 2. The van der Waals surface area contributed by atoms with Crippen LogP contribution in [0.25, 0.3) is 0 Å². The topological polar surface area (TPSA) is 12.5 Å². The molecule has 3 heterocycles. The Labute approximate surface area is 137 Å². The highest BCUT2D eigenvalue weighted by Crippen LogP contribution is 2.68. The zero-order valence-electron chi connectivity index (χ0n) is 15.5. The maximum Gasteiger partial charge on any atom is 0.0655 e.